The average Bonchev–Trinajstić information content (AvgIpc) is 2.90. The minimum Gasteiger partial charge on any atom is -0.488 e. The molecule has 3 rings (SSSR count). The van der Waals surface area contributed by atoms with Crippen LogP contribution in [-0.2, 0) is 9.47 Å². The van der Waals surface area contributed by atoms with E-state index in [0.29, 0.717) is 19.8 Å². The molecule has 1 aromatic heterocycles. The van der Waals surface area contributed by atoms with Crippen molar-refractivity contribution in [1.82, 2.24) is 4.98 Å². The maximum atomic E-state index is 5.94. The van der Waals surface area contributed by atoms with E-state index in [9.17, 15) is 0 Å². The van der Waals surface area contributed by atoms with Crippen molar-refractivity contribution in [2.24, 2.45) is 0 Å². The molecule has 23 heavy (non-hydrogen) atoms. The summed E-state index contributed by atoms with van der Waals surface area (Å²) in [5, 5.41) is 2.45. The van der Waals surface area contributed by atoms with Crippen molar-refractivity contribution in [1.29, 1.82) is 0 Å². The minimum atomic E-state index is -0.331. The summed E-state index contributed by atoms with van der Waals surface area (Å²) in [5.74, 6) is 0.855. The van der Waals surface area contributed by atoms with Crippen molar-refractivity contribution in [3.63, 3.8) is 0 Å². The predicted octanol–water partition coefficient (Wildman–Crippen LogP) is 4.41. The van der Waals surface area contributed by atoms with Gasteiger partial charge in [0.25, 0.3) is 0 Å². The highest BCUT2D eigenvalue weighted by Crippen LogP contribution is 2.31. The minimum absolute atomic E-state index is 0.331. The van der Waals surface area contributed by atoms with Crippen LogP contribution in [-0.4, -0.2) is 31.1 Å². The third kappa shape index (κ3) is 3.33. The first-order chi connectivity index (χ1) is 11.2. The van der Waals surface area contributed by atoms with E-state index < -0.39 is 0 Å². The number of nitrogens with one attached hydrogen (secondary N) is 1. The summed E-state index contributed by atoms with van der Waals surface area (Å²) >= 11 is 0. The molecule has 0 unspecified atom stereocenters. The number of hydrogen-bond acceptors (Lipinski definition) is 3. The lowest BCUT2D eigenvalue weighted by Crippen LogP contribution is -2.25. The van der Waals surface area contributed by atoms with Gasteiger partial charge in [-0.15, -0.1) is 0 Å². The fourth-order valence-electron chi connectivity index (χ4n) is 2.82. The van der Waals surface area contributed by atoms with Crippen LogP contribution in [0.2, 0.25) is 0 Å². The summed E-state index contributed by atoms with van der Waals surface area (Å²) in [6.45, 7) is 7.56. The van der Waals surface area contributed by atoms with Gasteiger partial charge in [0, 0.05) is 35.6 Å². The van der Waals surface area contributed by atoms with Crippen molar-refractivity contribution in [3.8, 4) is 5.75 Å². The number of hydrogen-bond donors (Lipinski definition) is 1. The van der Waals surface area contributed by atoms with Crippen molar-refractivity contribution in [2.45, 2.75) is 27.1 Å². The molecular formula is C19H23NO3. The highest BCUT2D eigenvalue weighted by Gasteiger charge is 2.12. The molecule has 4 nitrogen and oxygen atoms in total. The summed E-state index contributed by atoms with van der Waals surface area (Å²) in [6, 6.07) is 12.5. The largest absolute Gasteiger partial charge is 0.488 e. The van der Waals surface area contributed by atoms with Crippen LogP contribution >= 0.6 is 0 Å². The van der Waals surface area contributed by atoms with Crippen LogP contribution in [0.25, 0.3) is 21.8 Å². The lowest BCUT2D eigenvalue weighted by atomic mass is 10.1. The smallest absolute Gasteiger partial charge is 0.191 e. The quantitative estimate of drug-likeness (QED) is 0.657. The van der Waals surface area contributed by atoms with E-state index in [0.717, 1.165) is 22.3 Å². The Kier molecular flexibility index (Phi) is 4.84. The Labute approximate surface area is 136 Å². The van der Waals surface area contributed by atoms with E-state index in [4.69, 9.17) is 14.2 Å². The lowest BCUT2D eigenvalue weighted by molar-refractivity contribution is -0.152. The number of aromatic nitrogens is 1. The number of H-pyrrole nitrogens is 1. The fraction of sp³-hybridized carbons (Fsp3) is 0.368. The molecule has 0 fully saturated rings. The van der Waals surface area contributed by atoms with Crippen LogP contribution in [0.4, 0.5) is 0 Å². The van der Waals surface area contributed by atoms with Gasteiger partial charge in [0.1, 0.15) is 12.4 Å². The van der Waals surface area contributed by atoms with E-state index in [1.807, 2.05) is 19.9 Å². The molecule has 4 heteroatoms. The molecule has 0 saturated heterocycles. The number of fused-ring (bicyclic) bond motifs is 3. The lowest BCUT2D eigenvalue weighted by Gasteiger charge is -2.18. The summed E-state index contributed by atoms with van der Waals surface area (Å²) in [6.07, 6.45) is -0.331. The molecule has 0 atom stereocenters. The summed E-state index contributed by atoms with van der Waals surface area (Å²) in [5.41, 5.74) is 3.32. The van der Waals surface area contributed by atoms with Crippen molar-refractivity contribution in [2.75, 3.05) is 19.8 Å². The van der Waals surface area contributed by atoms with Crippen molar-refractivity contribution >= 4 is 21.8 Å². The molecule has 2 aromatic carbocycles. The summed E-state index contributed by atoms with van der Waals surface area (Å²) in [4.78, 5) is 3.44. The van der Waals surface area contributed by atoms with E-state index in [2.05, 4.69) is 42.2 Å². The van der Waals surface area contributed by atoms with Crippen LogP contribution in [0.5, 0.6) is 5.75 Å². The van der Waals surface area contributed by atoms with E-state index in [1.165, 1.54) is 10.8 Å². The SMILES string of the molecule is CCOC(COc1cc2[nH]c3ccccc3c2cc1C)OCC. The normalized spacial score (nSPS) is 11.7. The summed E-state index contributed by atoms with van der Waals surface area (Å²) in [7, 11) is 0. The monoisotopic (exact) mass is 313 g/mol. The zero-order valence-corrected chi connectivity index (χ0v) is 13.9. The number of para-hydroxylation sites is 1. The average molecular weight is 313 g/mol. The Morgan fingerprint density at radius 2 is 1.70 bits per heavy atom. The Morgan fingerprint density at radius 3 is 2.43 bits per heavy atom. The summed E-state index contributed by atoms with van der Waals surface area (Å²) < 4.78 is 17.0. The molecule has 3 aromatic rings. The first kappa shape index (κ1) is 15.8. The molecular weight excluding hydrogens is 290 g/mol. The zero-order valence-electron chi connectivity index (χ0n) is 13.9. The van der Waals surface area contributed by atoms with E-state index in [-0.39, 0.29) is 6.29 Å². The van der Waals surface area contributed by atoms with Gasteiger partial charge in [-0.25, -0.2) is 0 Å². The predicted molar refractivity (Wildman–Crippen MR) is 93.1 cm³/mol. The van der Waals surface area contributed by atoms with Crippen LogP contribution in [0.1, 0.15) is 19.4 Å². The highest BCUT2D eigenvalue weighted by molar-refractivity contribution is 6.07. The standard InChI is InChI=1S/C19H23NO3/c1-4-21-19(22-5-2)12-23-18-11-17-15(10-13(18)3)14-8-6-7-9-16(14)20-17/h6-11,19-20H,4-5,12H2,1-3H3. The van der Waals surface area contributed by atoms with Crippen LogP contribution in [0, 0.1) is 6.92 Å². The Balaban J connectivity index is 1.86. The number of benzene rings is 2. The van der Waals surface area contributed by atoms with Crippen molar-refractivity contribution in [3.05, 3.63) is 42.0 Å². The van der Waals surface area contributed by atoms with Gasteiger partial charge in [-0.3, -0.25) is 0 Å². The highest BCUT2D eigenvalue weighted by atomic mass is 16.7. The van der Waals surface area contributed by atoms with Crippen LogP contribution < -0.4 is 4.74 Å². The van der Waals surface area contributed by atoms with Crippen LogP contribution in [0.15, 0.2) is 36.4 Å². The molecule has 0 amide bonds. The first-order valence-corrected chi connectivity index (χ1v) is 8.10. The first-order valence-electron chi connectivity index (χ1n) is 8.10. The fourth-order valence-corrected chi connectivity index (χ4v) is 2.82. The molecule has 1 heterocycles. The topological polar surface area (TPSA) is 43.5 Å². The molecule has 0 aliphatic carbocycles. The van der Waals surface area contributed by atoms with Gasteiger partial charge in [-0.05, 0) is 38.5 Å². The van der Waals surface area contributed by atoms with E-state index >= 15 is 0 Å². The molecule has 0 aliphatic rings. The Hall–Kier alpha value is -2.04. The Morgan fingerprint density at radius 1 is 0.957 bits per heavy atom. The van der Waals surface area contributed by atoms with E-state index in [1.54, 1.807) is 0 Å². The number of aromatic amines is 1. The number of aryl methyl sites for hydroxylation is 1. The third-order valence-electron chi connectivity index (χ3n) is 3.88. The molecule has 0 aliphatic heterocycles. The van der Waals surface area contributed by atoms with Gasteiger partial charge in [0.2, 0.25) is 0 Å². The second-order valence-electron chi connectivity index (χ2n) is 5.49. The number of rotatable bonds is 7. The molecule has 0 radical (unpaired) electrons. The molecule has 122 valence electrons. The molecule has 0 bridgehead atoms. The van der Waals surface area contributed by atoms with Gasteiger partial charge in [-0.1, -0.05) is 18.2 Å². The van der Waals surface area contributed by atoms with Gasteiger partial charge >= 0.3 is 0 Å². The molecule has 0 spiro atoms. The van der Waals surface area contributed by atoms with Crippen LogP contribution in [0.3, 0.4) is 0 Å². The molecule has 0 saturated carbocycles. The zero-order chi connectivity index (χ0) is 16.2. The van der Waals surface area contributed by atoms with Gasteiger partial charge in [0.15, 0.2) is 6.29 Å². The second-order valence-corrected chi connectivity index (χ2v) is 5.49. The Bertz CT molecular complexity index is 788. The third-order valence-corrected chi connectivity index (χ3v) is 3.88. The van der Waals surface area contributed by atoms with Gasteiger partial charge in [0.05, 0.1) is 5.52 Å². The second kappa shape index (κ2) is 7.02. The van der Waals surface area contributed by atoms with Gasteiger partial charge < -0.3 is 19.2 Å². The number of ether oxygens (including phenoxy) is 3. The molecule has 1 N–H and O–H groups in total. The maximum Gasteiger partial charge on any atom is 0.191 e. The van der Waals surface area contributed by atoms with Crippen molar-refractivity contribution < 1.29 is 14.2 Å². The van der Waals surface area contributed by atoms with Gasteiger partial charge in [-0.2, -0.15) is 0 Å². The maximum absolute atomic E-state index is 5.94.